The lowest BCUT2D eigenvalue weighted by Crippen LogP contribution is -2.21. The minimum absolute atomic E-state index is 0.598. The van der Waals surface area contributed by atoms with Gasteiger partial charge in [0.1, 0.15) is 12.0 Å². The van der Waals surface area contributed by atoms with Crippen molar-refractivity contribution in [2.75, 3.05) is 29.0 Å². The van der Waals surface area contributed by atoms with Gasteiger partial charge >= 0.3 is 0 Å². The molecular formula is C13H16N6. The first-order chi connectivity index (χ1) is 9.34. The molecular weight excluding hydrogens is 240 g/mol. The Labute approximate surface area is 111 Å². The monoisotopic (exact) mass is 256 g/mol. The van der Waals surface area contributed by atoms with Crippen LogP contribution in [0.4, 0.5) is 23.0 Å². The summed E-state index contributed by atoms with van der Waals surface area (Å²) in [7, 11) is 0. The maximum Gasteiger partial charge on any atom is 0.159 e. The summed E-state index contributed by atoms with van der Waals surface area (Å²) in [4.78, 5) is 14.7. The number of aromatic nitrogens is 3. The summed E-state index contributed by atoms with van der Waals surface area (Å²) in [6, 6.07) is 3.74. The van der Waals surface area contributed by atoms with Crippen LogP contribution in [-0.2, 0) is 0 Å². The zero-order valence-electron chi connectivity index (χ0n) is 10.6. The summed E-state index contributed by atoms with van der Waals surface area (Å²) in [5.74, 6) is 1.46. The molecule has 6 nitrogen and oxygen atoms in total. The van der Waals surface area contributed by atoms with Crippen molar-refractivity contribution in [3.63, 3.8) is 0 Å². The number of nitrogens with zero attached hydrogens (tertiary/aromatic N) is 4. The van der Waals surface area contributed by atoms with Crippen LogP contribution < -0.4 is 16.0 Å². The van der Waals surface area contributed by atoms with E-state index >= 15 is 0 Å². The van der Waals surface area contributed by atoms with Crippen molar-refractivity contribution in [1.29, 1.82) is 0 Å². The highest BCUT2D eigenvalue weighted by atomic mass is 15.2. The molecule has 0 amide bonds. The predicted molar refractivity (Wildman–Crippen MR) is 75.4 cm³/mol. The molecule has 19 heavy (non-hydrogen) atoms. The SMILES string of the molecule is Nc1c(Nc2ccncc2)ncnc1N1CCCC1. The van der Waals surface area contributed by atoms with Crippen molar-refractivity contribution in [2.24, 2.45) is 0 Å². The Morgan fingerprint density at radius 3 is 2.58 bits per heavy atom. The third kappa shape index (κ3) is 2.42. The van der Waals surface area contributed by atoms with Crippen LogP contribution in [-0.4, -0.2) is 28.0 Å². The van der Waals surface area contributed by atoms with Crippen molar-refractivity contribution >= 4 is 23.0 Å². The Morgan fingerprint density at radius 1 is 1.11 bits per heavy atom. The van der Waals surface area contributed by atoms with Gasteiger partial charge in [-0.25, -0.2) is 9.97 Å². The van der Waals surface area contributed by atoms with Crippen molar-refractivity contribution in [1.82, 2.24) is 15.0 Å². The summed E-state index contributed by atoms with van der Waals surface area (Å²) in [5.41, 5.74) is 7.67. The van der Waals surface area contributed by atoms with E-state index in [0.29, 0.717) is 11.5 Å². The second-order valence-electron chi connectivity index (χ2n) is 4.51. The standard InChI is InChI=1S/C13H16N6/c14-11-12(18-10-3-5-15-6-4-10)16-9-17-13(11)19-7-1-2-8-19/h3-6,9H,1-2,7-8,14H2,(H,15,16,17,18). The maximum atomic E-state index is 6.17. The van der Waals surface area contributed by atoms with E-state index in [1.807, 2.05) is 12.1 Å². The number of pyridine rings is 1. The third-order valence-electron chi connectivity index (χ3n) is 3.21. The van der Waals surface area contributed by atoms with E-state index in [2.05, 4.69) is 25.2 Å². The fourth-order valence-corrected chi connectivity index (χ4v) is 2.24. The molecule has 3 heterocycles. The average molecular weight is 256 g/mol. The fourth-order valence-electron chi connectivity index (χ4n) is 2.24. The first-order valence-electron chi connectivity index (χ1n) is 6.37. The van der Waals surface area contributed by atoms with Crippen LogP contribution in [0.2, 0.25) is 0 Å². The van der Waals surface area contributed by atoms with E-state index in [1.54, 1.807) is 18.7 Å². The van der Waals surface area contributed by atoms with Crippen LogP contribution in [0.15, 0.2) is 30.9 Å². The van der Waals surface area contributed by atoms with Crippen LogP contribution in [0, 0.1) is 0 Å². The van der Waals surface area contributed by atoms with Gasteiger partial charge in [0.15, 0.2) is 11.6 Å². The zero-order chi connectivity index (χ0) is 13.1. The third-order valence-corrected chi connectivity index (χ3v) is 3.21. The molecule has 0 radical (unpaired) electrons. The lowest BCUT2D eigenvalue weighted by Gasteiger charge is -2.19. The van der Waals surface area contributed by atoms with Gasteiger partial charge in [-0.15, -0.1) is 0 Å². The molecule has 3 rings (SSSR count). The average Bonchev–Trinajstić information content (AvgIpc) is 2.96. The van der Waals surface area contributed by atoms with Crippen molar-refractivity contribution in [3.05, 3.63) is 30.9 Å². The normalized spacial score (nSPS) is 14.6. The van der Waals surface area contributed by atoms with Crippen LogP contribution in [0.5, 0.6) is 0 Å². The second kappa shape index (κ2) is 5.09. The minimum atomic E-state index is 0.598. The first kappa shape index (κ1) is 11.7. The van der Waals surface area contributed by atoms with Crippen molar-refractivity contribution in [2.45, 2.75) is 12.8 Å². The van der Waals surface area contributed by atoms with Gasteiger partial charge in [0, 0.05) is 31.2 Å². The number of nitrogens with two attached hydrogens (primary N) is 1. The van der Waals surface area contributed by atoms with Gasteiger partial charge in [-0.1, -0.05) is 0 Å². The quantitative estimate of drug-likeness (QED) is 0.871. The molecule has 1 aliphatic heterocycles. The van der Waals surface area contributed by atoms with Gasteiger partial charge in [-0.3, -0.25) is 4.98 Å². The molecule has 0 spiro atoms. The molecule has 0 bridgehead atoms. The molecule has 1 aliphatic rings. The largest absolute Gasteiger partial charge is 0.393 e. The zero-order valence-corrected chi connectivity index (χ0v) is 10.6. The number of nitrogen functional groups attached to an aromatic ring is 1. The first-order valence-corrected chi connectivity index (χ1v) is 6.37. The highest BCUT2D eigenvalue weighted by molar-refractivity contribution is 5.78. The Kier molecular flexibility index (Phi) is 3.14. The summed E-state index contributed by atoms with van der Waals surface area (Å²) in [6.07, 6.45) is 7.38. The lowest BCUT2D eigenvalue weighted by atomic mass is 10.3. The molecule has 98 valence electrons. The number of rotatable bonds is 3. The van der Waals surface area contributed by atoms with E-state index in [4.69, 9.17) is 5.73 Å². The number of nitrogens with one attached hydrogen (secondary N) is 1. The van der Waals surface area contributed by atoms with Crippen molar-refractivity contribution < 1.29 is 0 Å². The van der Waals surface area contributed by atoms with E-state index in [-0.39, 0.29) is 0 Å². The van der Waals surface area contributed by atoms with Gasteiger partial charge in [-0.05, 0) is 25.0 Å². The van der Waals surface area contributed by atoms with Crippen LogP contribution in [0.1, 0.15) is 12.8 Å². The van der Waals surface area contributed by atoms with Gasteiger partial charge in [0.05, 0.1) is 0 Å². The molecule has 0 saturated carbocycles. The van der Waals surface area contributed by atoms with E-state index in [1.165, 1.54) is 12.8 Å². The van der Waals surface area contributed by atoms with E-state index in [9.17, 15) is 0 Å². The molecule has 1 fully saturated rings. The summed E-state index contributed by atoms with van der Waals surface area (Å²) >= 11 is 0. The van der Waals surface area contributed by atoms with Gasteiger partial charge in [0.25, 0.3) is 0 Å². The van der Waals surface area contributed by atoms with Gasteiger partial charge in [0.2, 0.25) is 0 Å². The Balaban J connectivity index is 1.88. The molecule has 0 atom stereocenters. The molecule has 2 aromatic rings. The Bertz CT molecular complexity index is 550. The predicted octanol–water partition coefficient (Wildman–Crippen LogP) is 1.80. The Morgan fingerprint density at radius 2 is 1.84 bits per heavy atom. The van der Waals surface area contributed by atoms with Crippen LogP contribution in [0.25, 0.3) is 0 Å². The molecule has 2 aromatic heterocycles. The molecule has 1 saturated heterocycles. The summed E-state index contributed by atoms with van der Waals surface area (Å²) in [5, 5.41) is 3.19. The molecule has 3 N–H and O–H groups in total. The topological polar surface area (TPSA) is 80.0 Å². The summed E-state index contributed by atoms with van der Waals surface area (Å²) in [6.45, 7) is 2.02. The van der Waals surface area contributed by atoms with Crippen LogP contribution in [0.3, 0.4) is 0 Å². The smallest absolute Gasteiger partial charge is 0.159 e. The molecule has 0 aliphatic carbocycles. The van der Waals surface area contributed by atoms with Gasteiger partial charge < -0.3 is 16.0 Å². The highest BCUT2D eigenvalue weighted by Gasteiger charge is 2.18. The molecule has 0 unspecified atom stereocenters. The van der Waals surface area contributed by atoms with E-state index in [0.717, 1.165) is 24.6 Å². The number of anilines is 4. The number of hydrogen-bond donors (Lipinski definition) is 2. The fraction of sp³-hybridized carbons (Fsp3) is 0.308. The maximum absolute atomic E-state index is 6.17. The number of hydrogen-bond acceptors (Lipinski definition) is 6. The van der Waals surface area contributed by atoms with Crippen LogP contribution >= 0.6 is 0 Å². The highest BCUT2D eigenvalue weighted by Crippen LogP contribution is 2.30. The lowest BCUT2D eigenvalue weighted by molar-refractivity contribution is 0.931. The minimum Gasteiger partial charge on any atom is -0.393 e. The van der Waals surface area contributed by atoms with E-state index < -0.39 is 0 Å². The summed E-state index contributed by atoms with van der Waals surface area (Å²) < 4.78 is 0. The van der Waals surface area contributed by atoms with Gasteiger partial charge in [-0.2, -0.15) is 0 Å². The molecule has 0 aromatic carbocycles. The second-order valence-corrected chi connectivity index (χ2v) is 4.51. The molecule has 6 heteroatoms. The van der Waals surface area contributed by atoms with Crippen molar-refractivity contribution in [3.8, 4) is 0 Å². The Hall–Kier alpha value is -2.37.